The molecule has 0 amide bonds. The lowest BCUT2D eigenvalue weighted by Gasteiger charge is -2.16. The number of nitrogens with zero attached hydrogens (tertiary/aromatic N) is 3. The third-order valence-corrected chi connectivity index (χ3v) is 3.84. The van der Waals surface area contributed by atoms with E-state index in [0.717, 1.165) is 20.4 Å². The van der Waals surface area contributed by atoms with Gasteiger partial charge in [-0.3, -0.25) is 0 Å². The van der Waals surface area contributed by atoms with Gasteiger partial charge in [-0.25, -0.2) is 9.97 Å². The van der Waals surface area contributed by atoms with Gasteiger partial charge in [0.1, 0.15) is 18.0 Å². The van der Waals surface area contributed by atoms with Gasteiger partial charge in [0.15, 0.2) is 0 Å². The third kappa shape index (κ3) is 3.41. The van der Waals surface area contributed by atoms with Crippen LogP contribution in [0.5, 0.6) is 0 Å². The first kappa shape index (κ1) is 13.3. The summed E-state index contributed by atoms with van der Waals surface area (Å²) in [5.41, 5.74) is 0. The Labute approximate surface area is 118 Å². The molecule has 0 aliphatic heterocycles. The number of nitrogens with one attached hydrogen (secondary N) is 1. The van der Waals surface area contributed by atoms with E-state index in [-0.39, 0.29) is 6.61 Å². The summed E-state index contributed by atoms with van der Waals surface area (Å²) in [6.45, 7) is 0.641. The SMILES string of the molecule is CN(CCO)c1cc(Nc2ccc(Br)s2)ncn1. The zero-order valence-corrected chi connectivity index (χ0v) is 12.2. The maximum atomic E-state index is 8.90. The molecule has 5 nitrogen and oxygen atoms in total. The molecule has 2 heterocycles. The highest BCUT2D eigenvalue weighted by Gasteiger charge is 2.05. The first-order valence-electron chi connectivity index (χ1n) is 5.35. The van der Waals surface area contributed by atoms with Crippen molar-refractivity contribution >= 4 is 43.9 Å². The molecule has 2 aromatic heterocycles. The number of anilines is 3. The molecule has 0 bridgehead atoms. The van der Waals surface area contributed by atoms with Gasteiger partial charge in [-0.1, -0.05) is 0 Å². The van der Waals surface area contributed by atoms with Gasteiger partial charge < -0.3 is 15.3 Å². The number of hydrogen-bond acceptors (Lipinski definition) is 6. The van der Waals surface area contributed by atoms with Crippen molar-refractivity contribution in [3.63, 3.8) is 0 Å². The second kappa shape index (κ2) is 6.12. The number of likely N-dealkylation sites (N-methyl/N-ethyl adjacent to an activating group) is 1. The fraction of sp³-hybridized carbons (Fsp3) is 0.273. The Hall–Kier alpha value is -1.18. The molecule has 18 heavy (non-hydrogen) atoms. The molecular formula is C11H13BrN4OS. The van der Waals surface area contributed by atoms with Crippen LogP contribution in [0.4, 0.5) is 16.6 Å². The number of aliphatic hydroxyl groups excluding tert-OH is 1. The van der Waals surface area contributed by atoms with Gasteiger partial charge in [-0.05, 0) is 28.1 Å². The van der Waals surface area contributed by atoms with E-state index in [9.17, 15) is 0 Å². The van der Waals surface area contributed by atoms with Crippen LogP contribution in [0.3, 0.4) is 0 Å². The highest BCUT2D eigenvalue weighted by atomic mass is 79.9. The lowest BCUT2D eigenvalue weighted by atomic mass is 10.4. The van der Waals surface area contributed by atoms with E-state index >= 15 is 0 Å². The summed E-state index contributed by atoms with van der Waals surface area (Å²) in [5, 5.41) is 13.1. The average molecular weight is 329 g/mol. The summed E-state index contributed by atoms with van der Waals surface area (Å²) in [7, 11) is 1.88. The van der Waals surface area contributed by atoms with Crippen LogP contribution >= 0.6 is 27.3 Å². The normalized spacial score (nSPS) is 10.4. The van der Waals surface area contributed by atoms with Crippen molar-refractivity contribution in [3.8, 4) is 0 Å². The van der Waals surface area contributed by atoms with Gasteiger partial charge in [0, 0.05) is 19.7 Å². The van der Waals surface area contributed by atoms with Crippen LogP contribution in [-0.2, 0) is 0 Å². The fourth-order valence-electron chi connectivity index (χ4n) is 1.40. The van der Waals surface area contributed by atoms with Crippen LogP contribution in [0, 0.1) is 0 Å². The standard InChI is InChI=1S/C11H13BrN4OS/c1-16(4-5-17)10-6-9(13-7-14-10)15-11-3-2-8(12)18-11/h2-3,6-7,17H,4-5H2,1H3,(H,13,14,15). The molecule has 7 heteroatoms. The Kier molecular flexibility index (Phi) is 4.51. The van der Waals surface area contributed by atoms with Crippen molar-refractivity contribution in [3.05, 3.63) is 28.3 Å². The Morgan fingerprint density at radius 3 is 2.94 bits per heavy atom. The fourth-order valence-corrected chi connectivity index (χ4v) is 2.69. The molecule has 0 spiro atoms. The molecule has 0 unspecified atom stereocenters. The first-order chi connectivity index (χ1) is 8.69. The molecule has 2 rings (SSSR count). The predicted molar refractivity (Wildman–Crippen MR) is 77.7 cm³/mol. The molecule has 0 saturated heterocycles. The Bertz CT molecular complexity index is 519. The van der Waals surface area contributed by atoms with Crippen molar-refractivity contribution < 1.29 is 5.11 Å². The van der Waals surface area contributed by atoms with Crippen LogP contribution < -0.4 is 10.2 Å². The molecule has 0 radical (unpaired) electrons. The minimum absolute atomic E-state index is 0.0983. The second-order valence-corrected chi connectivity index (χ2v) is 6.10. The second-order valence-electron chi connectivity index (χ2n) is 3.64. The Morgan fingerprint density at radius 1 is 1.44 bits per heavy atom. The van der Waals surface area contributed by atoms with E-state index in [0.29, 0.717) is 6.54 Å². The molecule has 0 fully saturated rings. The number of aliphatic hydroxyl groups is 1. The summed E-state index contributed by atoms with van der Waals surface area (Å²) in [5.74, 6) is 1.51. The van der Waals surface area contributed by atoms with Crippen molar-refractivity contribution in [2.24, 2.45) is 0 Å². The first-order valence-corrected chi connectivity index (χ1v) is 6.96. The van der Waals surface area contributed by atoms with Crippen molar-refractivity contribution in [2.45, 2.75) is 0 Å². The quantitative estimate of drug-likeness (QED) is 0.882. The maximum Gasteiger partial charge on any atom is 0.136 e. The van der Waals surface area contributed by atoms with Crippen molar-refractivity contribution in [2.75, 3.05) is 30.4 Å². The predicted octanol–water partition coefficient (Wildman–Crippen LogP) is 2.47. The van der Waals surface area contributed by atoms with E-state index in [1.807, 2.05) is 30.1 Å². The van der Waals surface area contributed by atoms with Gasteiger partial charge in [-0.15, -0.1) is 11.3 Å². The van der Waals surface area contributed by atoms with Crippen LogP contribution in [0.1, 0.15) is 0 Å². The summed E-state index contributed by atoms with van der Waals surface area (Å²) in [6.07, 6.45) is 1.51. The van der Waals surface area contributed by atoms with Crippen LogP contribution in [0.25, 0.3) is 0 Å². The minimum atomic E-state index is 0.0983. The Morgan fingerprint density at radius 2 is 2.28 bits per heavy atom. The molecular weight excluding hydrogens is 316 g/mol. The van der Waals surface area contributed by atoms with E-state index < -0.39 is 0 Å². The van der Waals surface area contributed by atoms with E-state index in [1.54, 1.807) is 11.3 Å². The average Bonchev–Trinajstić information content (AvgIpc) is 2.75. The topological polar surface area (TPSA) is 61.3 Å². The van der Waals surface area contributed by atoms with E-state index in [4.69, 9.17) is 5.11 Å². The van der Waals surface area contributed by atoms with Crippen LogP contribution in [0.2, 0.25) is 0 Å². The van der Waals surface area contributed by atoms with Crippen molar-refractivity contribution in [1.29, 1.82) is 0 Å². The lowest BCUT2D eigenvalue weighted by molar-refractivity contribution is 0.304. The number of thiophene rings is 1. The molecule has 0 saturated carbocycles. The summed E-state index contributed by atoms with van der Waals surface area (Å²) in [6, 6.07) is 5.81. The van der Waals surface area contributed by atoms with Gasteiger partial charge in [0.05, 0.1) is 15.4 Å². The summed E-state index contributed by atoms with van der Waals surface area (Å²) < 4.78 is 1.07. The highest BCUT2D eigenvalue weighted by Crippen LogP contribution is 2.29. The smallest absolute Gasteiger partial charge is 0.136 e. The van der Waals surface area contributed by atoms with Crippen LogP contribution in [0.15, 0.2) is 28.3 Å². The number of aromatic nitrogens is 2. The third-order valence-electron chi connectivity index (χ3n) is 2.30. The van der Waals surface area contributed by atoms with Gasteiger partial charge in [0.2, 0.25) is 0 Å². The van der Waals surface area contributed by atoms with Crippen molar-refractivity contribution in [1.82, 2.24) is 9.97 Å². The molecule has 0 aliphatic rings. The number of hydrogen-bond donors (Lipinski definition) is 2. The number of halogens is 1. The lowest BCUT2D eigenvalue weighted by Crippen LogP contribution is -2.22. The minimum Gasteiger partial charge on any atom is -0.395 e. The molecule has 96 valence electrons. The maximum absolute atomic E-state index is 8.90. The van der Waals surface area contributed by atoms with E-state index in [1.165, 1.54) is 6.33 Å². The van der Waals surface area contributed by atoms with E-state index in [2.05, 4.69) is 31.2 Å². The largest absolute Gasteiger partial charge is 0.395 e. The summed E-state index contributed by atoms with van der Waals surface area (Å²) >= 11 is 5.01. The molecule has 0 aromatic carbocycles. The Balaban J connectivity index is 2.12. The molecule has 2 N–H and O–H groups in total. The van der Waals surface area contributed by atoms with Gasteiger partial charge >= 0.3 is 0 Å². The summed E-state index contributed by atoms with van der Waals surface area (Å²) in [4.78, 5) is 10.2. The van der Waals surface area contributed by atoms with Gasteiger partial charge in [0.25, 0.3) is 0 Å². The molecule has 0 aliphatic carbocycles. The zero-order chi connectivity index (χ0) is 13.0. The number of rotatable bonds is 5. The zero-order valence-electron chi connectivity index (χ0n) is 9.80. The molecule has 2 aromatic rings. The highest BCUT2D eigenvalue weighted by molar-refractivity contribution is 9.11. The van der Waals surface area contributed by atoms with Gasteiger partial charge in [-0.2, -0.15) is 0 Å². The van der Waals surface area contributed by atoms with Crippen LogP contribution in [-0.4, -0.2) is 35.3 Å². The molecule has 0 atom stereocenters. The monoisotopic (exact) mass is 328 g/mol.